The van der Waals surface area contributed by atoms with Crippen molar-refractivity contribution >= 4 is 11.7 Å². The third-order valence-electron chi connectivity index (χ3n) is 8.92. The average molecular weight is 491 g/mol. The molecule has 0 radical (unpaired) electrons. The molecule has 6 heteroatoms. The van der Waals surface area contributed by atoms with Crippen LogP contribution >= 0.6 is 0 Å². The second kappa shape index (κ2) is 9.64. The number of carbonyl (C=O) groups is 1. The summed E-state index contributed by atoms with van der Waals surface area (Å²) < 4.78 is 13.7. The predicted molar refractivity (Wildman–Crippen MR) is 136 cm³/mol. The molecule has 1 saturated heterocycles. The first kappa shape index (κ1) is 23.7. The highest BCUT2D eigenvalue weighted by molar-refractivity contribution is 5.74. The minimum Gasteiger partial charge on any atom is -0.481 e. The van der Waals surface area contributed by atoms with Gasteiger partial charge < -0.3 is 5.11 Å². The Labute approximate surface area is 212 Å². The van der Waals surface area contributed by atoms with Gasteiger partial charge in [0.25, 0.3) is 0 Å². The van der Waals surface area contributed by atoms with E-state index in [0.717, 1.165) is 38.5 Å². The van der Waals surface area contributed by atoms with Gasteiger partial charge in [-0.15, -0.1) is 0 Å². The molecule has 1 N–H and O–H groups in total. The maximum absolute atomic E-state index is 13.7. The van der Waals surface area contributed by atoms with Crippen LogP contribution in [-0.2, 0) is 21.5 Å². The lowest BCUT2D eigenvalue weighted by atomic mass is 9.66. The molecule has 2 fully saturated rings. The largest absolute Gasteiger partial charge is 0.481 e. The Morgan fingerprint density at radius 1 is 1.03 bits per heavy atom. The van der Waals surface area contributed by atoms with E-state index >= 15 is 0 Å². The highest BCUT2D eigenvalue weighted by atomic mass is 19.1. The Kier molecular flexibility index (Phi) is 6.34. The van der Waals surface area contributed by atoms with Crippen LogP contribution in [0, 0.1) is 11.7 Å². The summed E-state index contributed by atoms with van der Waals surface area (Å²) in [6, 6.07) is 15.8. The number of halogens is 1. The van der Waals surface area contributed by atoms with Crippen molar-refractivity contribution in [2.45, 2.75) is 69.3 Å². The number of hydrogen-bond donors (Lipinski definition) is 1. The SMILES string of the molecule is O=C(O)C1CN(CN2OC(CCC3(c4ccc(F)cc4)CCCCC3)C3=C2c2ccccc2CC3)C1. The summed E-state index contributed by atoms with van der Waals surface area (Å²) in [6.45, 7) is 1.73. The van der Waals surface area contributed by atoms with E-state index in [1.807, 2.05) is 17.2 Å². The van der Waals surface area contributed by atoms with Gasteiger partial charge in [-0.1, -0.05) is 55.7 Å². The molecule has 0 spiro atoms. The minimum atomic E-state index is -0.715. The van der Waals surface area contributed by atoms with Crippen LogP contribution in [-0.4, -0.2) is 46.9 Å². The summed E-state index contributed by atoms with van der Waals surface area (Å²) in [6.07, 6.45) is 10.0. The topological polar surface area (TPSA) is 53.0 Å². The molecule has 1 saturated carbocycles. The van der Waals surface area contributed by atoms with Crippen molar-refractivity contribution in [3.63, 3.8) is 0 Å². The van der Waals surface area contributed by atoms with Crippen LogP contribution in [0.3, 0.4) is 0 Å². The van der Waals surface area contributed by atoms with Gasteiger partial charge in [0.05, 0.1) is 18.3 Å². The van der Waals surface area contributed by atoms with Gasteiger partial charge in [-0.25, -0.2) is 9.45 Å². The number of likely N-dealkylation sites (tertiary alicyclic amines) is 1. The molecule has 36 heavy (non-hydrogen) atoms. The van der Waals surface area contributed by atoms with Crippen molar-refractivity contribution < 1.29 is 19.1 Å². The van der Waals surface area contributed by atoms with E-state index in [2.05, 4.69) is 29.2 Å². The maximum atomic E-state index is 13.7. The first-order valence-corrected chi connectivity index (χ1v) is 13.5. The molecule has 190 valence electrons. The van der Waals surface area contributed by atoms with Gasteiger partial charge >= 0.3 is 5.97 Å². The second-order valence-electron chi connectivity index (χ2n) is 11.1. The van der Waals surface area contributed by atoms with Crippen molar-refractivity contribution in [1.82, 2.24) is 9.96 Å². The molecule has 2 aliphatic heterocycles. The minimum absolute atomic E-state index is 0.0316. The number of aliphatic carboxylic acids is 1. The molecule has 5 nitrogen and oxygen atoms in total. The van der Waals surface area contributed by atoms with E-state index in [9.17, 15) is 14.3 Å². The van der Waals surface area contributed by atoms with Crippen molar-refractivity contribution in [3.05, 3.63) is 76.6 Å². The van der Waals surface area contributed by atoms with Crippen molar-refractivity contribution in [1.29, 1.82) is 0 Å². The van der Waals surface area contributed by atoms with Gasteiger partial charge in [0.2, 0.25) is 0 Å². The fraction of sp³-hybridized carbons (Fsp3) is 0.500. The number of carboxylic acids is 1. The monoisotopic (exact) mass is 490 g/mol. The number of nitrogens with zero attached hydrogens (tertiary/aromatic N) is 2. The number of benzene rings is 2. The second-order valence-corrected chi connectivity index (χ2v) is 11.1. The molecule has 2 aromatic rings. The summed E-state index contributed by atoms with van der Waals surface area (Å²) in [5.41, 5.74) is 6.54. The Morgan fingerprint density at radius 3 is 2.53 bits per heavy atom. The van der Waals surface area contributed by atoms with E-state index in [0.29, 0.717) is 19.8 Å². The normalized spacial score (nSPS) is 23.8. The molecule has 2 aliphatic carbocycles. The van der Waals surface area contributed by atoms with E-state index in [1.54, 1.807) is 12.1 Å². The first-order valence-electron chi connectivity index (χ1n) is 13.5. The van der Waals surface area contributed by atoms with Crippen LogP contribution in [0.15, 0.2) is 54.1 Å². The molecule has 0 aromatic heterocycles. The van der Waals surface area contributed by atoms with Crippen molar-refractivity contribution in [3.8, 4) is 0 Å². The summed E-state index contributed by atoms with van der Waals surface area (Å²) in [5, 5.41) is 11.3. The Bertz CT molecular complexity index is 1150. The van der Waals surface area contributed by atoms with Crippen LogP contribution in [0.4, 0.5) is 4.39 Å². The van der Waals surface area contributed by atoms with Gasteiger partial charge in [0.1, 0.15) is 11.9 Å². The Morgan fingerprint density at radius 2 is 1.78 bits per heavy atom. The molecule has 0 amide bonds. The highest BCUT2D eigenvalue weighted by Gasteiger charge is 2.42. The van der Waals surface area contributed by atoms with E-state index in [-0.39, 0.29) is 23.3 Å². The first-order chi connectivity index (χ1) is 17.5. The zero-order chi connectivity index (χ0) is 24.7. The van der Waals surface area contributed by atoms with Crippen molar-refractivity contribution in [2.24, 2.45) is 5.92 Å². The lowest BCUT2D eigenvalue weighted by Gasteiger charge is -2.40. The number of hydrogen-bond acceptors (Lipinski definition) is 4. The lowest BCUT2D eigenvalue weighted by molar-refractivity contribution is -0.170. The summed E-state index contributed by atoms with van der Waals surface area (Å²) in [4.78, 5) is 20.1. The number of aryl methyl sites for hydroxylation is 1. The maximum Gasteiger partial charge on any atom is 0.309 e. The smallest absolute Gasteiger partial charge is 0.309 e. The molecular formula is C30H35FN2O3. The van der Waals surface area contributed by atoms with Crippen LogP contribution in [0.25, 0.3) is 5.70 Å². The number of hydroxylamine groups is 2. The molecule has 1 atom stereocenters. The van der Waals surface area contributed by atoms with E-state index in [4.69, 9.17) is 4.84 Å². The van der Waals surface area contributed by atoms with Crippen LogP contribution < -0.4 is 0 Å². The average Bonchev–Trinajstić information content (AvgIpc) is 3.23. The van der Waals surface area contributed by atoms with Crippen LogP contribution in [0.1, 0.15) is 68.1 Å². The third kappa shape index (κ3) is 4.35. The van der Waals surface area contributed by atoms with Gasteiger partial charge in [0.15, 0.2) is 0 Å². The van der Waals surface area contributed by atoms with Gasteiger partial charge in [-0.05, 0) is 72.8 Å². The number of carboxylic acid groups (broad SMARTS) is 1. The summed E-state index contributed by atoms with van der Waals surface area (Å²) >= 11 is 0. The zero-order valence-corrected chi connectivity index (χ0v) is 20.8. The van der Waals surface area contributed by atoms with Gasteiger partial charge in [-0.2, -0.15) is 0 Å². The number of rotatable bonds is 7. The molecule has 4 aliphatic rings. The quantitative estimate of drug-likeness (QED) is 0.535. The molecule has 2 heterocycles. The Hall–Kier alpha value is -2.70. The third-order valence-corrected chi connectivity index (χ3v) is 8.92. The molecule has 1 unspecified atom stereocenters. The predicted octanol–water partition coefficient (Wildman–Crippen LogP) is 5.76. The summed E-state index contributed by atoms with van der Waals surface area (Å²) in [7, 11) is 0. The van der Waals surface area contributed by atoms with E-state index < -0.39 is 5.97 Å². The fourth-order valence-corrected chi connectivity index (χ4v) is 6.88. The van der Waals surface area contributed by atoms with Crippen LogP contribution in [0.5, 0.6) is 0 Å². The number of fused-ring (bicyclic) bond motifs is 2. The van der Waals surface area contributed by atoms with Crippen molar-refractivity contribution in [2.75, 3.05) is 19.8 Å². The molecule has 6 rings (SSSR count). The van der Waals surface area contributed by atoms with Crippen LogP contribution in [0.2, 0.25) is 0 Å². The zero-order valence-electron chi connectivity index (χ0n) is 20.8. The molecular weight excluding hydrogens is 455 g/mol. The lowest BCUT2D eigenvalue weighted by Crippen LogP contribution is -2.53. The molecule has 0 bridgehead atoms. The standard InChI is InChI=1S/C30H35FN2O3/c31-24-11-9-23(10-12-24)30(15-4-1-5-16-30)17-14-27-26-13-8-21-6-2-3-7-25(21)28(26)33(36-27)20-32-18-22(19-32)29(34)35/h2-3,6-7,9-12,22,27H,1,4-5,8,13-20H2,(H,34,35). The van der Waals surface area contributed by atoms with Gasteiger partial charge in [-0.3, -0.25) is 14.5 Å². The highest BCUT2D eigenvalue weighted by Crippen LogP contribution is 2.47. The fourth-order valence-electron chi connectivity index (χ4n) is 6.88. The van der Waals surface area contributed by atoms with E-state index in [1.165, 1.54) is 47.2 Å². The summed E-state index contributed by atoms with van der Waals surface area (Å²) in [5.74, 6) is -1.17. The molecule has 2 aromatic carbocycles. The van der Waals surface area contributed by atoms with Gasteiger partial charge in [0, 0.05) is 18.7 Å². The Balaban J connectivity index is 1.24.